The van der Waals surface area contributed by atoms with Gasteiger partial charge in [0, 0.05) is 25.7 Å². The Bertz CT molecular complexity index is 624. The van der Waals surface area contributed by atoms with Crippen molar-refractivity contribution in [2.75, 3.05) is 6.54 Å². The van der Waals surface area contributed by atoms with Gasteiger partial charge in [-0.1, -0.05) is 30.7 Å². The highest BCUT2D eigenvalue weighted by Crippen LogP contribution is 2.29. The van der Waals surface area contributed by atoms with Crippen molar-refractivity contribution >= 4 is 0 Å². The zero-order valence-electron chi connectivity index (χ0n) is 12.7. The third kappa shape index (κ3) is 3.24. The van der Waals surface area contributed by atoms with E-state index in [2.05, 4.69) is 48.4 Å². The minimum atomic E-state index is 0.232. The minimum Gasteiger partial charge on any atom is -0.488 e. The maximum Gasteiger partial charge on any atom is 0.123 e. The summed E-state index contributed by atoms with van der Waals surface area (Å²) in [6.45, 7) is 5.95. The van der Waals surface area contributed by atoms with Gasteiger partial charge in [0.2, 0.25) is 0 Å². The third-order valence-electron chi connectivity index (χ3n) is 3.99. The van der Waals surface area contributed by atoms with Gasteiger partial charge in [0.15, 0.2) is 0 Å². The molecule has 0 aliphatic carbocycles. The Morgan fingerprint density at radius 1 is 1.33 bits per heavy atom. The van der Waals surface area contributed by atoms with E-state index >= 15 is 0 Å². The quantitative estimate of drug-likeness (QED) is 0.915. The number of rotatable bonds is 5. The summed E-state index contributed by atoms with van der Waals surface area (Å²) >= 11 is 0. The van der Waals surface area contributed by atoms with Gasteiger partial charge in [-0.25, -0.2) is 0 Å². The highest BCUT2D eigenvalue weighted by molar-refractivity contribution is 5.40. The van der Waals surface area contributed by atoms with Crippen LogP contribution in [0.4, 0.5) is 0 Å². The number of nitrogens with zero attached hydrogens (tertiary/aromatic N) is 1. The number of fused-ring (bicyclic) bond motifs is 1. The molecule has 3 heteroatoms. The first-order valence-electron chi connectivity index (χ1n) is 7.66. The van der Waals surface area contributed by atoms with Crippen LogP contribution in [-0.2, 0) is 19.4 Å². The van der Waals surface area contributed by atoms with Gasteiger partial charge in [0.05, 0.1) is 5.69 Å². The van der Waals surface area contributed by atoms with Gasteiger partial charge in [-0.15, -0.1) is 0 Å². The molecule has 110 valence electrons. The number of aromatic nitrogens is 1. The first-order valence-corrected chi connectivity index (χ1v) is 7.66. The van der Waals surface area contributed by atoms with Gasteiger partial charge < -0.3 is 10.1 Å². The average Bonchev–Trinajstić information content (AvgIpc) is 2.89. The van der Waals surface area contributed by atoms with Crippen LogP contribution in [0.25, 0.3) is 0 Å². The summed E-state index contributed by atoms with van der Waals surface area (Å²) in [6, 6.07) is 10.6. The van der Waals surface area contributed by atoms with Crippen molar-refractivity contribution in [3.8, 4) is 5.75 Å². The fourth-order valence-electron chi connectivity index (χ4n) is 2.87. The lowest BCUT2D eigenvalue weighted by molar-refractivity contribution is 0.227. The molecule has 0 bridgehead atoms. The topological polar surface area (TPSA) is 34.2 Å². The SMILES string of the molecule is CCc1cccnc1CNCC1Cc2cc(C)ccc2O1. The number of benzene rings is 1. The zero-order valence-corrected chi connectivity index (χ0v) is 12.7. The molecule has 3 rings (SSSR count). The molecule has 0 radical (unpaired) electrons. The van der Waals surface area contributed by atoms with Gasteiger partial charge in [0.25, 0.3) is 0 Å². The molecular weight excluding hydrogens is 260 g/mol. The molecule has 0 fully saturated rings. The number of aryl methyl sites for hydroxylation is 2. The molecule has 1 aromatic carbocycles. The van der Waals surface area contributed by atoms with Crippen LogP contribution >= 0.6 is 0 Å². The second-order valence-corrected chi connectivity index (χ2v) is 5.65. The summed E-state index contributed by atoms with van der Waals surface area (Å²) in [5.74, 6) is 1.04. The van der Waals surface area contributed by atoms with E-state index in [-0.39, 0.29) is 6.10 Å². The number of hydrogen-bond donors (Lipinski definition) is 1. The van der Waals surface area contributed by atoms with Crippen molar-refractivity contribution in [1.82, 2.24) is 10.3 Å². The molecule has 1 N–H and O–H groups in total. The second-order valence-electron chi connectivity index (χ2n) is 5.65. The van der Waals surface area contributed by atoms with Crippen LogP contribution in [-0.4, -0.2) is 17.6 Å². The van der Waals surface area contributed by atoms with Crippen molar-refractivity contribution in [3.63, 3.8) is 0 Å². The Hall–Kier alpha value is -1.87. The van der Waals surface area contributed by atoms with Gasteiger partial charge >= 0.3 is 0 Å². The average molecular weight is 282 g/mol. The molecule has 1 atom stereocenters. The highest BCUT2D eigenvalue weighted by Gasteiger charge is 2.22. The lowest BCUT2D eigenvalue weighted by atomic mass is 10.1. The third-order valence-corrected chi connectivity index (χ3v) is 3.99. The standard InChI is InChI=1S/C18H22N2O/c1-3-14-5-4-8-20-17(14)12-19-11-16-10-15-9-13(2)6-7-18(15)21-16/h4-9,16,19H,3,10-12H2,1-2H3. The largest absolute Gasteiger partial charge is 0.488 e. The van der Waals surface area contributed by atoms with E-state index in [1.165, 1.54) is 16.7 Å². The van der Waals surface area contributed by atoms with Crippen molar-refractivity contribution in [3.05, 3.63) is 58.9 Å². The molecule has 0 saturated carbocycles. The summed E-state index contributed by atoms with van der Waals surface area (Å²) in [7, 11) is 0. The minimum absolute atomic E-state index is 0.232. The molecule has 0 amide bonds. The van der Waals surface area contributed by atoms with Crippen LogP contribution in [0.15, 0.2) is 36.5 Å². The van der Waals surface area contributed by atoms with Crippen LogP contribution in [0.2, 0.25) is 0 Å². The Balaban J connectivity index is 1.53. The van der Waals surface area contributed by atoms with Crippen LogP contribution in [0.5, 0.6) is 5.75 Å². The van der Waals surface area contributed by atoms with Gasteiger partial charge in [0.1, 0.15) is 11.9 Å². The van der Waals surface area contributed by atoms with E-state index in [1.807, 2.05) is 12.3 Å². The fraction of sp³-hybridized carbons (Fsp3) is 0.389. The predicted octanol–water partition coefficient (Wildman–Crippen LogP) is 3.05. The molecule has 1 aliphatic heterocycles. The van der Waals surface area contributed by atoms with Crippen molar-refractivity contribution in [1.29, 1.82) is 0 Å². The molecule has 1 aliphatic rings. The summed E-state index contributed by atoms with van der Waals surface area (Å²) in [5.41, 5.74) is 5.09. The molecule has 0 spiro atoms. The summed E-state index contributed by atoms with van der Waals surface area (Å²) in [6.07, 6.45) is 4.11. The number of pyridine rings is 1. The molecule has 1 aromatic heterocycles. The molecule has 21 heavy (non-hydrogen) atoms. The van der Waals surface area contributed by atoms with E-state index in [0.717, 1.165) is 37.4 Å². The number of nitrogens with one attached hydrogen (secondary N) is 1. The zero-order chi connectivity index (χ0) is 14.7. The lowest BCUT2D eigenvalue weighted by Gasteiger charge is -2.13. The molecule has 3 nitrogen and oxygen atoms in total. The van der Waals surface area contributed by atoms with Crippen LogP contribution < -0.4 is 10.1 Å². The summed E-state index contributed by atoms with van der Waals surface area (Å²) in [4.78, 5) is 4.46. The molecule has 2 aromatic rings. The first kappa shape index (κ1) is 14.1. The summed E-state index contributed by atoms with van der Waals surface area (Å²) in [5, 5.41) is 3.48. The fourth-order valence-corrected chi connectivity index (χ4v) is 2.87. The smallest absolute Gasteiger partial charge is 0.123 e. The second kappa shape index (κ2) is 6.27. The predicted molar refractivity (Wildman–Crippen MR) is 84.6 cm³/mol. The van der Waals surface area contributed by atoms with Crippen molar-refractivity contribution in [2.45, 2.75) is 39.3 Å². The molecule has 1 unspecified atom stereocenters. The normalized spacial score (nSPS) is 16.6. The van der Waals surface area contributed by atoms with Crippen molar-refractivity contribution < 1.29 is 4.74 Å². The van der Waals surface area contributed by atoms with Crippen molar-refractivity contribution in [2.24, 2.45) is 0 Å². The number of hydrogen-bond acceptors (Lipinski definition) is 3. The van der Waals surface area contributed by atoms with E-state index in [4.69, 9.17) is 4.74 Å². The Morgan fingerprint density at radius 3 is 3.10 bits per heavy atom. The maximum atomic E-state index is 5.97. The highest BCUT2D eigenvalue weighted by atomic mass is 16.5. The van der Waals surface area contributed by atoms with E-state index in [9.17, 15) is 0 Å². The van der Waals surface area contributed by atoms with Gasteiger partial charge in [-0.05, 0) is 36.6 Å². The monoisotopic (exact) mass is 282 g/mol. The van der Waals surface area contributed by atoms with E-state index in [0.29, 0.717) is 0 Å². The molecule has 2 heterocycles. The van der Waals surface area contributed by atoms with Gasteiger partial charge in [-0.3, -0.25) is 4.98 Å². The molecular formula is C18H22N2O. The Kier molecular flexibility index (Phi) is 4.20. The first-order chi connectivity index (χ1) is 10.3. The number of ether oxygens (including phenoxy) is 1. The van der Waals surface area contributed by atoms with Crippen LogP contribution in [0.3, 0.4) is 0 Å². The molecule has 0 saturated heterocycles. The van der Waals surface area contributed by atoms with E-state index < -0.39 is 0 Å². The van der Waals surface area contributed by atoms with Crippen LogP contribution in [0, 0.1) is 6.92 Å². The lowest BCUT2D eigenvalue weighted by Crippen LogP contribution is -2.30. The van der Waals surface area contributed by atoms with E-state index in [1.54, 1.807) is 0 Å². The Morgan fingerprint density at radius 2 is 2.24 bits per heavy atom. The maximum absolute atomic E-state index is 5.97. The summed E-state index contributed by atoms with van der Waals surface area (Å²) < 4.78 is 5.97. The Labute approximate surface area is 126 Å². The van der Waals surface area contributed by atoms with Gasteiger partial charge in [-0.2, -0.15) is 0 Å². The van der Waals surface area contributed by atoms with Crippen LogP contribution in [0.1, 0.15) is 29.3 Å².